The summed E-state index contributed by atoms with van der Waals surface area (Å²) in [5, 5.41) is 3.87. The van der Waals surface area contributed by atoms with E-state index >= 15 is 0 Å². The number of oxazole rings is 1. The summed E-state index contributed by atoms with van der Waals surface area (Å²) in [5.41, 5.74) is 2.15. The zero-order chi connectivity index (χ0) is 23.2. The summed E-state index contributed by atoms with van der Waals surface area (Å²) in [7, 11) is 1.57. The average Bonchev–Trinajstić information content (AvgIpc) is 3.45. The van der Waals surface area contributed by atoms with Crippen LogP contribution in [0.2, 0.25) is 10.0 Å². The third-order valence-electron chi connectivity index (χ3n) is 4.99. The van der Waals surface area contributed by atoms with Crippen LogP contribution in [0.25, 0.3) is 0 Å². The molecular formula is C23H23Cl2N3O5. The molecule has 174 valence electrons. The monoisotopic (exact) mass is 491 g/mol. The lowest BCUT2D eigenvalue weighted by Crippen LogP contribution is -2.27. The molecule has 3 aromatic rings. The molecule has 0 aliphatic carbocycles. The molecule has 0 saturated heterocycles. The van der Waals surface area contributed by atoms with Gasteiger partial charge in [-0.3, -0.25) is 9.69 Å². The molecule has 0 spiro atoms. The van der Waals surface area contributed by atoms with Gasteiger partial charge < -0.3 is 23.9 Å². The summed E-state index contributed by atoms with van der Waals surface area (Å²) in [4.78, 5) is 18.7. The van der Waals surface area contributed by atoms with Gasteiger partial charge in [0.1, 0.15) is 6.26 Å². The summed E-state index contributed by atoms with van der Waals surface area (Å²) in [6, 6.07) is 11.2. The van der Waals surface area contributed by atoms with Crippen molar-refractivity contribution in [2.45, 2.75) is 19.6 Å². The second kappa shape index (κ2) is 10.9. The van der Waals surface area contributed by atoms with Crippen LogP contribution in [0.1, 0.15) is 27.5 Å². The molecule has 1 N–H and O–H groups in total. The molecule has 1 aliphatic rings. The molecule has 4 rings (SSSR count). The van der Waals surface area contributed by atoms with Gasteiger partial charge in [-0.1, -0.05) is 35.3 Å². The zero-order valence-electron chi connectivity index (χ0n) is 18.0. The predicted octanol–water partition coefficient (Wildman–Crippen LogP) is 4.29. The Hall–Kier alpha value is -2.78. The van der Waals surface area contributed by atoms with Crippen molar-refractivity contribution in [1.82, 2.24) is 15.2 Å². The lowest BCUT2D eigenvalue weighted by atomic mass is 10.1. The largest absolute Gasteiger partial charge is 0.454 e. The minimum absolute atomic E-state index is 0.216. The van der Waals surface area contributed by atoms with Crippen LogP contribution in [0, 0.1) is 0 Å². The first-order valence-corrected chi connectivity index (χ1v) is 11.0. The molecule has 8 nitrogen and oxygen atoms in total. The molecule has 0 atom stereocenters. The van der Waals surface area contributed by atoms with Crippen molar-refractivity contribution in [3.05, 3.63) is 75.4 Å². The van der Waals surface area contributed by atoms with Gasteiger partial charge in [0, 0.05) is 36.8 Å². The fourth-order valence-corrected chi connectivity index (χ4v) is 3.86. The van der Waals surface area contributed by atoms with Crippen molar-refractivity contribution in [3.63, 3.8) is 0 Å². The predicted molar refractivity (Wildman–Crippen MR) is 123 cm³/mol. The first kappa shape index (κ1) is 23.4. The number of hydrogen-bond donors (Lipinski definition) is 1. The number of fused-ring (bicyclic) bond motifs is 1. The molecule has 2 aromatic carbocycles. The van der Waals surface area contributed by atoms with Crippen LogP contribution in [0.3, 0.4) is 0 Å². The van der Waals surface area contributed by atoms with E-state index < -0.39 is 0 Å². The molecular weight excluding hydrogens is 469 g/mol. The number of nitrogens with zero attached hydrogens (tertiary/aromatic N) is 2. The molecule has 0 unspecified atom stereocenters. The first-order chi connectivity index (χ1) is 16.0. The van der Waals surface area contributed by atoms with Crippen LogP contribution >= 0.6 is 23.2 Å². The molecule has 1 aromatic heterocycles. The highest BCUT2D eigenvalue weighted by Crippen LogP contribution is 2.33. The fraction of sp³-hybridized carbons (Fsp3) is 0.304. The van der Waals surface area contributed by atoms with E-state index in [4.69, 9.17) is 41.8 Å². The van der Waals surface area contributed by atoms with E-state index in [2.05, 4.69) is 15.2 Å². The minimum Gasteiger partial charge on any atom is -0.454 e. The maximum absolute atomic E-state index is 12.2. The summed E-state index contributed by atoms with van der Waals surface area (Å²) >= 11 is 12.5. The number of amides is 1. The standard InChI is InChI=1S/C23H23Cl2N3O5/c1-30-7-6-26-23(29)19-13-31-22(27-19)12-28(11-16-3-4-17(24)9-18(16)25)10-15-2-5-20-21(8-15)33-14-32-20/h2-5,8-9,13H,6-7,10-12,14H2,1H3,(H,26,29). The van der Waals surface area contributed by atoms with E-state index in [1.807, 2.05) is 24.3 Å². The summed E-state index contributed by atoms with van der Waals surface area (Å²) in [6.07, 6.45) is 1.35. The van der Waals surface area contributed by atoms with Crippen molar-refractivity contribution in [3.8, 4) is 11.5 Å². The van der Waals surface area contributed by atoms with E-state index in [1.54, 1.807) is 19.2 Å². The highest BCUT2D eigenvalue weighted by atomic mass is 35.5. The Morgan fingerprint density at radius 1 is 1.12 bits per heavy atom. The van der Waals surface area contributed by atoms with Crippen LogP contribution in [-0.4, -0.2) is 42.8 Å². The number of aromatic nitrogens is 1. The van der Waals surface area contributed by atoms with Gasteiger partial charge in [-0.2, -0.15) is 0 Å². The van der Waals surface area contributed by atoms with Gasteiger partial charge in [-0.25, -0.2) is 4.98 Å². The Bertz CT molecular complexity index is 1120. The van der Waals surface area contributed by atoms with E-state index in [9.17, 15) is 4.79 Å². The van der Waals surface area contributed by atoms with Gasteiger partial charge in [-0.15, -0.1) is 0 Å². The number of benzene rings is 2. The van der Waals surface area contributed by atoms with Gasteiger partial charge in [0.2, 0.25) is 12.7 Å². The van der Waals surface area contributed by atoms with Crippen LogP contribution in [0.4, 0.5) is 0 Å². The van der Waals surface area contributed by atoms with Crippen LogP contribution in [0.5, 0.6) is 11.5 Å². The van der Waals surface area contributed by atoms with Gasteiger partial charge >= 0.3 is 0 Å². The van der Waals surface area contributed by atoms with Crippen LogP contribution in [-0.2, 0) is 24.4 Å². The molecule has 0 saturated carbocycles. The summed E-state index contributed by atoms with van der Waals surface area (Å²) in [5.74, 6) is 1.54. The average molecular weight is 492 g/mol. The van der Waals surface area contributed by atoms with Crippen molar-refractivity contribution in [2.75, 3.05) is 27.1 Å². The molecule has 33 heavy (non-hydrogen) atoms. The highest BCUT2D eigenvalue weighted by molar-refractivity contribution is 6.35. The SMILES string of the molecule is COCCNC(=O)c1coc(CN(Cc2ccc3c(c2)OCO3)Cc2ccc(Cl)cc2Cl)n1. The summed E-state index contributed by atoms with van der Waals surface area (Å²) < 4.78 is 21.4. The second-order valence-corrected chi connectivity index (χ2v) is 8.29. The Kier molecular flexibility index (Phi) is 7.72. The molecule has 0 bridgehead atoms. The zero-order valence-corrected chi connectivity index (χ0v) is 19.5. The highest BCUT2D eigenvalue weighted by Gasteiger charge is 2.19. The number of halogens is 2. The maximum Gasteiger partial charge on any atom is 0.273 e. The number of carbonyl (C=O) groups is 1. The molecule has 2 heterocycles. The quantitative estimate of drug-likeness (QED) is 0.423. The second-order valence-electron chi connectivity index (χ2n) is 7.44. The van der Waals surface area contributed by atoms with Crippen molar-refractivity contribution in [1.29, 1.82) is 0 Å². The number of hydrogen-bond acceptors (Lipinski definition) is 7. The summed E-state index contributed by atoms with van der Waals surface area (Å²) in [6.45, 7) is 2.47. The molecule has 0 fully saturated rings. The van der Waals surface area contributed by atoms with E-state index in [-0.39, 0.29) is 18.4 Å². The van der Waals surface area contributed by atoms with Crippen LogP contribution in [0.15, 0.2) is 47.1 Å². The normalized spacial score (nSPS) is 12.4. The minimum atomic E-state index is -0.315. The lowest BCUT2D eigenvalue weighted by molar-refractivity contribution is 0.0932. The first-order valence-electron chi connectivity index (χ1n) is 10.3. The Morgan fingerprint density at radius 3 is 2.79 bits per heavy atom. The molecule has 1 aliphatic heterocycles. The number of carbonyl (C=O) groups excluding carboxylic acids is 1. The van der Waals surface area contributed by atoms with Gasteiger partial charge in [0.25, 0.3) is 5.91 Å². The Balaban J connectivity index is 1.50. The van der Waals surface area contributed by atoms with E-state index in [0.29, 0.717) is 54.5 Å². The molecule has 10 heteroatoms. The lowest BCUT2D eigenvalue weighted by Gasteiger charge is -2.22. The van der Waals surface area contributed by atoms with Crippen molar-refractivity contribution in [2.24, 2.45) is 0 Å². The number of nitrogens with one attached hydrogen (secondary N) is 1. The molecule has 0 radical (unpaired) electrons. The van der Waals surface area contributed by atoms with Gasteiger partial charge in [-0.05, 0) is 35.4 Å². The van der Waals surface area contributed by atoms with Gasteiger partial charge in [0.15, 0.2) is 17.2 Å². The fourth-order valence-electron chi connectivity index (χ4n) is 3.39. The number of methoxy groups -OCH3 is 1. The van der Waals surface area contributed by atoms with Gasteiger partial charge in [0.05, 0.1) is 13.2 Å². The maximum atomic E-state index is 12.2. The Labute approximate surface area is 201 Å². The van der Waals surface area contributed by atoms with Crippen molar-refractivity contribution < 1.29 is 23.4 Å². The van der Waals surface area contributed by atoms with Crippen LogP contribution < -0.4 is 14.8 Å². The Morgan fingerprint density at radius 2 is 1.97 bits per heavy atom. The third-order valence-corrected chi connectivity index (χ3v) is 5.57. The van der Waals surface area contributed by atoms with E-state index in [0.717, 1.165) is 16.9 Å². The molecule has 1 amide bonds. The number of ether oxygens (including phenoxy) is 3. The number of rotatable bonds is 10. The smallest absolute Gasteiger partial charge is 0.273 e. The topological polar surface area (TPSA) is 86.1 Å². The van der Waals surface area contributed by atoms with Crippen molar-refractivity contribution >= 4 is 29.1 Å². The third kappa shape index (κ3) is 6.17. The van der Waals surface area contributed by atoms with E-state index in [1.165, 1.54) is 6.26 Å².